The van der Waals surface area contributed by atoms with Gasteiger partial charge in [-0.3, -0.25) is 0 Å². The van der Waals surface area contributed by atoms with Gasteiger partial charge in [0.05, 0.1) is 5.00 Å². The molecule has 3 rings (SSSR count). The summed E-state index contributed by atoms with van der Waals surface area (Å²) < 4.78 is 5.56. The molecule has 0 radical (unpaired) electrons. The van der Waals surface area contributed by atoms with Gasteiger partial charge in [-0.25, -0.2) is 0 Å². The summed E-state index contributed by atoms with van der Waals surface area (Å²) in [7, 11) is 0. The number of halogens is 1. The van der Waals surface area contributed by atoms with Crippen LogP contribution in [0.15, 0.2) is 60.0 Å². The number of anilines is 1. The van der Waals surface area contributed by atoms with Gasteiger partial charge < -0.3 is 20.9 Å². The Balaban J connectivity index is 1.50. The van der Waals surface area contributed by atoms with Gasteiger partial charge in [-0.15, -0.1) is 11.3 Å². The summed E-state index contributed by atoms with van der Waals surface area (Å²) in [6.45, 7) is 1.29. The lowest BCUT2D eigenvalue weighted by Crippen LogP contribution is -2.31. The number of benzene rings is 2. The first kappa shape index (κ1) is 18.7. The van der Waals surface area contributed by atoms with Gasteiger partial charge in [0, 0.05) is 23.7 Å². The number of nitrogens with two attached hydrogens (primary N) is 1. The standard InChI is InChI=1S/C20H21ClN2O2S/c21-15-5-7-17(8-6-15)25-13-16(24)12-23-11-14-3-1-2-4-18(14)19-9-10-26-20(19)22/h1-10,16,23-24H,11-13,22H2. The Morgan fingerprint density at radius 3 is 2.58 bits per heavy atom. The minimum atomic E-state index is -0.607. The van der Waals surface area contributed by atoms with E-state index in [1.165, 1.54) is 11.3 Å². The molecule has 0 aliphatic rings. The summed E-state index contributed by atoms with van der Waals surface area (Å²) in [6.07, 6.45) is -0.607. The smallest absolute Gasteiger partial charge is 0.119 e. The van der Waals surface area contributed by atoms with Crippen LogP contribution < -0.4 is 15.8 Å². The van der Waals surface area contributed by atoms with Crippen LogP contribution in [0.2, 0.25) is 5.02 Å². The van der Waals surface area contributed by atoms with Crippen LogP contribution in [0.5, 0.6) is 5.75 Å². The molecule has 4 nitrogen and oxygen atoms in total. The van der Waals surface area contributed by atoms with Crippen molar-refractivity contribution in [2.45, 2.75) is 12.6 Å². The number of rotatable bonds is 8. The Hall–Kier alpha value is -2.05. The Kier molecular flexibility index (Phi) is 6.52. The number of aliphatic hydroxyl groups is 1. The number of hydrogen-bond donors (Lipinski definition) is 3. The molecule has 0 aliphatic heterocycles. The molecule has 4 N–H and O–H groups in total. The normalized spacial score (nSPS) is 12.1. The quantitative estimate of drug-likeness (QED) is 0.541. The van der Waals surface area contributed by atoms with Crippen LogP contribution in [-0.2, 0) is 6.54 Å². The molecule has 0 saturated heterocycles. The molecule has 1 heterocycles. The van der Waals surface area contributed by atoms with Crippen LogP contribution in [-0.4, -0.2) is 24.4 Å². The second kappa shape index (κ2) is 9.05. The van der Waals surface area contributed by atoms with Crippen molar-refractivity contribution in [2.75, 3.05) is 18.9 Å². The number of ether oxygens (including phenoxy) is 1. The van der Waals surface area contributed by atoms with Crippen LogP contribution in [0.3, 0.4) is 0 Å². The molecule has 0 saturated carbocycles. The number of thiophene rings is 1. The van der Waals surface area contributed by atoms with E-state index in [1.54, 1.807) is 24.3 Å². The second-order valence-corrected chi connectivity index (χ2v) is 7.29. The molecule has 3 aromatic rings. The number of nitrogen functional groups attached to an aromatic ring is 1. The van der Waals surface area contributed by atoms with Crippen molar-refractivity contribution < 1.29 is 9.84 Å². The zero-order chi connectivity index (χ0) is 18.4. The lowest BCUT2D eigenvalue weighted by molar-refractivity contribution is 0.106. The summed E-state index contributed by atoms with van der Waals surface area (Å²) in [6, 6.07) is 17.3. The molecule has 0 aliphatic carbocycles. The van der Waals surface area contributed by atoms with Crippen molar-refractivity contribution in [3.05, 3.63) is 70.6 Å². The minimum absolute atomic E-state index is 0.216. The van der Waals surface area contributed by atoms with Gasteiger partial charge in [0.1, 0.15) is 18.5 Å². The fraction of sp³-hybridized carbons (Fsp3) is 0.200. The van der Waals surface area contributed by atoms with Crippen molar-refractivity contribution in [3.63, 3.8) is 0 Å². The monoisotopic (exact) mass is 388 g/mol. The highest BCUT2D eigenvalue weighted by Gasteiger charge is 2.10. The van der Waals surface area contributed by atoms with Crippen LogP contribution in [0.25, 0.3) is 11.1 Å². The van der Waals surface area contributed by atoms with E-state index in [4.69, 9.17) is 22.1 Å². The molecule has 0 bridgehead atoms. The Bertz CT molecular complexity index is 836. The van der Waals surface area contributed by atoms with Crippen LogP contribution in [0.4, 0.5) is 5.00 Å². The number of nitrogens with one attached hydrogen (secondary N) is 1. The second-order valence-electron chi connectivity index (χ2n) is 5.91. The maximum absolute atomic E-state index is 10.1. The van der Waals surface area contributed by atoms with Crippen LogP contribution in [0, 0.1) is 0 Å². The Morgan fingerprint density at radius 1 is 1.08 bits per heavy atom. The molecule has 0 fully saturated rings. The average molecular weight is 389 g/mol. The first-order valence-electron chi connectivity index (χ1n) is 8.32. The first-order valence-corrected chi connectivity index (χ1v) is 9.57. The molecule has 6 heteroatoms. The number of hydrogen-bond acceptors (Lipinski definition) is 5. The van der Waals surface area contributed by atoms with Gasteiger partial charge in [-0.05, 0) is 46.8 Å². The third-order valence-corrected chi connectivity index (χ3v) is 4.95. The van der Waals surface area contributed by atoms with Gasteiger partial charge in [0.2, 0.25) is 0 Å². The maximum Gasteiger partial charge on any atom is 0.119 e. The van der Waals surface area contributed by atoms with Gasteiger partial charge >= 0.3 is 0 Å². The average Bonchev–Trinajstić information content (AvgIpc) is 3.07. The fourth-order valence-electron chi connectivity index (χ4n) is 2.64. The van der Waals surface area contributed by atoms with E-state index < -0.39 is 6.10 Å². The molecule has 136 valence electrons. The number of aliphatic hydroxyl groups excluding tert-OH is 1. The molecular formula is C20H21ClN2O2S. The predicted molar refractivity (Wildman–Crippen MR) is 109 cm³/mol. The molecule has 0 spiro atoms. The summed E-state index contributed by atoms with van der Waals surface area (Å²) in [5.74, 6) is 0.687. The molecule has 26 heavy (non-hydrogen) atoms. The third kappa shape index (κ3) is 4.99. The summed E-state index contributed by atoms with van der Waals surface area (Å²) in [4.78, 5) is 0. The molecule has 1 atom stereocenters. The van der Waals surface area contributed by atoms with Gasteiger partial charge in [-0.2, -0.15) is 0 Å². The summed E-state index contributed by atoms with van der Waals surface area (Å²) in [5, 5.41) is 16.9. The lowest BCUT2D eigenvalue weighted by atomic mass is 10.0. The van der Waals surface area contributed by atoms with Crippen LogP contribution in [0.1, 0.15) is 5.56 Å². The molecule has 0 amide bonds. The van der Waals surface area contributed by atoms with Crippen molar-refractivity contribution in [1.82, 2.24) is 5.32 Å². The lowest BCUT2D eigenvalue weighted by Gasteiger charge is -2.15. The van der Waals surface area contributed by atoms with Gasteiger partial charge in [0.25, 0.3) is 0 Å². The van der Waals surface area contributed by atoms with E-state index in [1.807, 2.05) is 23.6 Å². The van der Waals surface area contributed by atoms with Crippen molar-refractivity contribution in [1.29, 1.82) is 0 Å². The fourth-order valence-corrected chi connectivity index (χ4v) is 3.42. The van der Waals surface area contributed by atoms with E-state index in [-0.39, 0.29) is 6.61 Å². The highest BCUT2D eigenvalue weighted by Crippen LogP contribution is 2.32. The third-order valence-electron chi connectivity index (χ3n) is 3.95. The van der Waals surface area contributed by atoms with E-state index in [2.05, 4.69) is 17.4 Å². The van der Waals surface area contributed by atoms with Crippen molar-refractivity contribution in [2.24, 2.45) is 0 Å². The Labute approximate surface area is 162 Å². The zero-order valence-corrected chi connectivity index (χ0v) is 15.8. The van der Waals surface area contributed by atoms with Crippen LogP contribution >= 0.6 is 22.9 Å². The highest BCUT2D eigenvalue weighted by molar-refractivity contribution is 7.14. The predicted octanol–water partition coefficient (Wildman–Crippen LogP) is 4.18. The maximum atomic E-state index is 10.1. The van der Waals surface area contributed by atoms with Crippen molar-refractivity contribution in [3.8, 4) is 16.9 Å². The summed E-state index contributed by atoms with van der Waals surface area (Å²) in [5.41, 5.74) is 9.37. The first-order chi connectivity index (χ1) is 12.6. The molecule has 2 aromatic carbocycles. The highest BCUT2D eigenvalue weighted by atomic mass is 35.5. The minimum Gasteiger partial charge on any atom is -0.491 e. The SMILES string of the molecule is Nc1sccc1-c1ccccc1CNCC(O)COc1ccc(Cl)cc1. The summed E-state index contributed by atoms with van der Waals surface area (Å²) >= 11 is 7.37. The van der Waals surface area contributed by atoms with E-state index in [0.717, 1.165) is 21.7 Å². The Morgan fingerprint density at radius 2 is 1.85 bits per heavy atom. The zero-order valence-electron chi connectivity index (χ0n) is 14.2. The van der Waals surface area contributed by atoms with Gasteiger partial charge in [0.15, 0.2) is 0 Å². The topological polar surface area (TPSA) is 67.5 Å². The van der Waals surface area contributed by atoms with Gasteiger partial charge in [-0.1, -0.05) is 35.9 Å². The largest absolute Gasteiger partial charge is 0.491 e. The van der Waals surface area contributed by atoms with Crippen molar-refractivity contribution >= 4 is 27.9 Å². The van der Waals surface area contributed by atoms with E-state index in [9.17, 15) is 5.11 Å². The molecular weight excluding hydrogens is 368 g/mol. The molecule has 1 unspecified atom stereocenters. The van der Waals surface area contributed by atoms with E-state index >= 15 is 0 Å². The van der Waals surface area contributed by atoms with E-state index in [0.29, 0.717) is 23.9 Å². The molecule has 1 aromatic heterocycles.